The lowest BCUT2D eigenvalue weighted by molar-refractivity contribution is -0.121. The van der Waals surface area contributed by atoms with E-state index in [2.05, 4.69) is 25.6 Å². The van der Waals surface area contributed by atoms with Crippen LogP contribution >= 0.6 is 0 Å². The molecule has 0 aliphatic heterocycles. The minimum Gasteiger partial charge on any atom is -0.497 e. The average molecular weight is 498 g/mol. The zero-order valence-electron chi connectivity index (χ0n) is 19.9. The van der Waals surface area contributed by atoms with Crippen molar-refractivity contribution in [3.63, 3.8) is 0 Å². The number of ether oxygens (including phenoxy) is 2. The Morgan fingerprint density at radius 1 is 0.973 bits per heavy atom. The van der Waals surface area contributed by atoms with Gasteiger partial charge in [-0.25, -0.2) is 4.98 Å². The Morgan fingerprint density at radius 2 is 1.78 bits per heavy atom. The average Bonchev–Trinajstić information content (AvgIpc) is 3.36. The van der Waals surface area contributed by atoms with Crippen molar-refractivity contribution in [2.24, 2.45) is 0 Å². The number of nitrogens with one attached hydrogen (secondary N) is 1. The SMILES string of the molecule is COc1ccc(-c2nnc3ccc(OCCNC(=O)Cn4cnc(-c5ccccc5)cc4=O)nn23)cc1. The van der Waals surface area contributed by atoms with E-state index in [1.54, 1.807) is 23.8 Å². The minimum atomic E-state index is -0.330. The van der Waals surface area contributed by atoms with Crippen molar-refractivity contribution in [2.45, 2.75) is 6.54 Å². The molecule has 0 spiro atoms. The third kappa shape index (κ3) is 5.45. The summed E-state index contributed by atoms with van der Waals surface area (Å²) in [4.78, 5) is 29.0. The van der Waals surface area contributed by atoms with Crippen LogP contribution in [0.25, 0.3) is 28.3 Å². The third-order valence-corrected chi connectivity index (χ3v) is 5.52. The van der Waals surface area contributed by atoms with Crippen LogP contribution < -0.4 is 20.3 Å². The Morgan fingerprint density at radius 3 is 2.54 bits per heavy atom. The largest absolute Gasteiger partial charge is 0.497 e. The highest BCUT2D eigenvalue weighted by Gasteiger charge is 2.11. The van der Waals surface area contributed by atoms with Gasteiger partial charge < -0.3 is 14.8 Å². The summed E-state index contributed by atoms with van der Waals surface area (Å²) in [6.07, 6.45) is 1.37. The lowest BCUT2D eigenvalue weighted by Crippen LogP contribution is -2.34. The highest BCUT2D eigenvalue weighted by atomic mass is 16.5. The maximum absolute atomic E-state index is 12.4. The highest BCUT2D eigenvalue weighted by Crippen LogP contribution is 2.21. The number of hydrogen-bond acceptors (Lipinski definition) is 8. The highest BCUT2D eigenvalue weighted by molar-refractivity contribution is 5.75. The van der Waals surface area contributed by atoms with Crippen LogP contribution in [0.1, 0.15) is 0 Å². The molecule has 186 valence electrons. The smallest absolute Gasteiger partial charge is 0.254 e. The molecule has 1 N–H and O–H groups in total. The van der Waals surface area contributed by atoms with E-state index in [0.29, 0.717) is 23.0 Å². The molecule has 0 fully saturated rings. The van der Waals surface area contributed by atoms with Crippen LogP contribution in [0.4, 0.5) is 0 Å². The zero-order chi connectivity index (χ0) is 25.6. The molecule has 0 unspecified atom stereocenters. The van der Waals surface area contributed by atoms with Crippen LogP contribution in [0.2, 0.25) is 0 Å². The molecule has 0 bridgehead atoms. The molecule has 0 aliphatic carbocycles. The molecule has 3 heterocycles. The van der Waals surface area contributed by atoms with Crippen molar-refractivity contribution in [1.29, 1.82) is 0 Å². The molecule has 37 heavy (non-hydrogen) atoms. The maximum atomic E-state index is 12.4. The van der Waals surface area contributed by atoms with Crippen molar-refractivity contribution in [3.05, 3.63) is 89.5 Å². The van der Waals surface area contributed by atoms with E-state index >= 15 is 0 Å². The summed E-state index contributed by atoms with van der Waals surface area (Å²) in [5, 5.41) is 15.5. The normalized spacial score (nSPS) is 10.8. The summed E-state index contributed by atoms with van der Waals surface area (Å²) in [5.74, 6) is 1.33. The Kier molecular flexibility index (Phi) is 6.84. The molecule has 0 saturated heterocycles. The molecule has 0 radical (unpaired) electrons. The number of fused-ring (bicyclic) bond motifs is 1. The van der Waals surface area contributed by atoms with Crippen molar-refractivity contribution < 1.29 is 14.3 Å². The number of nitrogens with zero attached hydrogens (tertiary/aromatic N) is 6. The van der Waals surface area contributed by atoms with Gasteiger partial charge in [0.1, 0.15) is 18.9 Å². The first-order valence-electron chi connectivity index (χ1n) is 11.5. The molecule has 5 aromatic rings. The van der Waals surface area contributed by atoms with E-state index in [4.69, 9.17) is 9.47 Å². The Labute approximate surface area is 211 Å². The maximum Gasteiger partial charge on any atom is 0.254 e. The molecule has 0 atom stereocenters. The second kappa shape index (κ2) is 10.7. The van der Waals surface area contributed by atoms with Gasteiger partial charge in [-0.3, -0.25) is 14.2 Å². The molecule has 0 saturated carbocycles. The quantitative estimate of drug-likeness (QED) is 0.307. The molecular formula is C26H23N7O4. The van der Waals surface area contributed by atoms with E-state index in [1.807, 2.05) is 54.6 Å². The molecule has 11 nitrogen and oxygen atoms in total. The summed E-state index contributed by atoms with van der Waals surface area (Å²) < 4.78 is 13.7. The third-order valence-electron chi connectivity index (χ3n) is 5.52. The van der Waals surface area contributed by atoms with Crippen LogP contribution in [-0.4, -0.2) is 55.5 Å². The van der Waals surface area contributed by atoms with E-state index in [1.165, 1.54) is 17.0 Å². The van der Waals surface area contributed by atoms with Crippen LogP contribution in [0, 0.1) is 0 Å². The number of rotatable bonds is 9. The predicted octanol–water partition coefficient (Wildman–Crippen LogP) is 2.22. The van der Waals surface area contributed by atoms with Gasteiger partial charge in [0, 0.05) is 23.3 Å². The molecule has 2 aromatic carbocycles. The number of hydrogen-bond donors (Lipinski definition) is 1. The second-order valence-corrected chi connectivity index (χ2v) is 8.00. The van der Waals surface area contributed by atoms with Gasteiger partial charge in [-0.15, -0.1) is 15.3 Å². The Hall–Kier alpha value is -5.06. The van der Waals surface area contributed by atoms with E-state index in [-0.39, 0.29) is 31.2 Å². The van der Waals surface area contributed by atoms with Gasteiger partial charge in [-0.2, -0.15) is 4.52 Å². The van der Waals surface area contributed by atoms with Gasteiger partial charge in [0.25, 0.3) is 5.56 Å². The van der Waals surface area contributed by atoms with Crippen molar-refractivity contribution in [1.82, 2.24) is 34.7 Å². The van der Waals surface area contributed by atoms with Gasteiger partial charge in [0.05, 0.1) is 25.7 Å². The zero-order valence-corrected chi connectivity index (χ0v) is 19.9. The molecule has 0 aliphatic rings. The first-order chi connectivity index (χ1) is 18.1. The van der Waals surface area contributed by atoms with E-state index in [9.17, 15) is 9.59 Å². The fourth-order valence-corrected chi connectivity index (χ4v) is 3.64. The first kappa shape index (κ1) is 23.7. The molecule has 5 rings (SSSR count). The number of carbonyl (C=O) groups excluding carboxylic acids is 1. The number of benzene rings is 2. The van der Waals surface area contributed by atoms with Gasteiger partial charge in [-0.05, 0) is 30.3 Å². The number of amides is 1. The first-order valence-corrected chi connectivity index (χ1v) is 11.5. The van der Waals surface area contributed by atoms with E-state index < -0.39 is 0 Å². The fourth-order valence-electron chi connectivity index (χ4n) is 3.64. The van der Waals surface area contributed by atoms with Gasteiger partial charge in [-0.1, -0.05) is 30.3 Å². The van der Waals surface area contributed by atoms with Crippen LogP contribution in [0.5, 0.6) is 11.6 Å². The van der Waals surface area contributed by atoms with Gasteiger partial charge in [0.2, 0.25) is 11.8 Å². The molecule has 1 amide bonds. The van der Waals surface area contributed by atoms with Crippen molar-refractivity contribution >= 4 is 11.6 Å². The lowest BCUT2D eigenvalue weighted by atomic mass is 10.1. The topological polar surface area (TPSA) is 126 Å². The van der Waals surface area contributed by atoms with Crippen LogP contribution in [0.3, 0.4) is 0 Å². The van der Waals surface area contributed by atoms with Crippen molar-refractivity contribution in [2.75, 3.05) is 20.3 Å². The second-order valence-electron chi connectivity index (χ2n) is 8.00. The summed E-state index contributed by atoms with van der Waals surface area (Å²) in [7, 11) is 1.61. The molecule has 11 heteroatoms. The van der Waals surface area contributed by atoms with Gasteiger partial charge in [0.15, 0.2) is 11.5 Å². The van der Waals surface area contributed by atoms with E-state index in [0.717, 1.165) is 16.9 Å². The molecule has 3 aromatic heterocycles. The van der Waals surface area contributed by atoms with Crippen molar-refractivity contribution in [3.8, 4) is 34.3 Å². The fraction of sp³-hybridized carbons (Fsp3) is 0.154. The van der Waals surface area contributed by atoms with Crippen LogP contribution in [-0.2, 0) is 11.3 Å². The standard InChI is InChI=1S/C26H23N7O4/c1-36-20-9-7-19(8-10-20)26-30-29-22-11-12-24(31-33(22)26)37-14-13-27-23(34)16-32-17-28-21(15-25(32)35)18-5-3-2-4-6-18/h2-12,15,17H,13-14,16H2,1H3,(H,27,34). The number of methoxy groups -OCH3 is 1. The lowest BCUT2D eigenvalue weighted by Gasteiger charge is -2.09. The minimum absolute atomic E-state index is 0.142. The van der Waals surface area contributed by atoms with Gasteiger partial charge >= 0.3 is 0 Å². The monoisotopic (exact) mass is 497 g/mol. The Balaban J connectivity index is 1.15. The summed E-state index contributed by atoms with van der Waals surface area (Å²) in [6.45, 7) is 0.276. The molecular weight excluding hydrogens is 474 g/mol. The summed E-state index contributed by atoms with van der Waals surface area (Å²) in [5.41, 5.74) is 2.49. The summed E-state index contributed by atoms with van der Waals surface area (Å²) in [6, 6.07) is 21.6. The number of aromatic nitrogens is 6. The number of carbonyl (C=O) groups is 1. The predicted molar refractivity (Wildman–Crippen MR) is 135 cm³/mol. The van der Waals surface area contributed by atoms with Crippen LogP contribution in [0.15, 0.2) is 83.9 Å². The Bertz CT molecular complexity index is 1580. The summed E-state index contributed by atoms with van der Waals surface area (Å²) >= 11 is 0.